The van der Waals surface area contributed by atoms with Crippen molar-refractivity contribution in [1.82, 2.24) is 0 Å². The molecule has 4 heteroatoms. The number of unbranched alkanes of at least 4 members (excludes halogenated alkanes) is 2. The lowest BCUT2D eigenvalue weighted by molar-refractivity contribution is -0.384. The molecule has 1 aromatic rings. The fraction of sp³-hybridized carbons (Fsp3) is 0.579. The van der Waals surface area contributed by atoms with Crippen LogP contribution in [0.25, 0.3) is 0 Å². The predicted molar refractivity (Wildman–Crippen MR) is 100 cm³/mol. The van der Waals surface area contributed by atoms with Gasteiger partial charge in [-0.15, -0.1) is 5.92 Å². The van der Waals surface area contributed by atoms with E-state index in [9.17, 15) is 10.1 Å². The Morgan fingerprint density at radius 3 is 2.09 bits per heavy atom. The molecule has 0 aliphatic rings. The Hall–Kier alpha value is -1.60. The van der Waals surface area contributed by atoms with Crippen molar-refractivity contribution in [2.45, 2.75) is 70.6 Å². The third-order valence-corrected chi connectivity index (χ3v) is 11.0. The first-order chi connectivity index (χ1) is 11.0. The van der Waals surface area contributed by atoms with Gasteiger partial charge in [-0.1, -0.05) is 70.3 Å². The van der Waals surface area contributed by atoms with Gasteiger partial charge < -0.3 is 0 Å². The minimum atomic E-state index is -1.54. The molecular formula is C19H29NO2Si. The van der Waals surface area contributed by atoms with Gasteiger partial charge in [0.1, 0.15) is 0 Å². The van der Waals surface area contributed by atoms with Crippen LogP contribution in [-0.2, 0) is 0 Å². The molecule has 0 aromatic heterocycles. The zero-order valence-corrected chi connectivity index (χ0v) is 15.9. The number of hydrogen-bond acceptors (Lipinski definition) is 2. The molecule has 0 saturated carbocycles. The van der Waals surface area contributed by atoms with Crippen molar-refractivity contribution < 1.29 is 4.92 Å². The lowest BCUT2D eigenvalue weighted by Gasteiger charge is -2.34. The third kappa shape index (κ3) is 4.94. The van der Waals surface area contributed by atoms with Gasteiger partial charge in [-0.3, -0.25) is 10.1 Å². The lowest BCUT2D eigenvalue weighted by Crippen LogP contribution is -2.39. The molecule has 1 atom stereocenters. The maximum absolute atomic E-state index is 10.9. The molecule has 0 heterocycles. The first kappa shape index (κ1) is 19.4. The molecule has 0 spiro atoms. The molecule has 1 aromatic carbocycles. The smallest absolute Gasteiger partial charge is 0.258 e. The minimum absolute atomic E-state index is 0.156. The van der Waals surface area contributed by atoms with Gasteiger partial charge in [-0.05, 0) is 12.0 Å². The second-order valence-electron chi connectivity index (χ2n) is 6.13. The van der Waals surface area contributed by atoms with Crippen molar-refractivity contribution in [2.75, 3.05) is 0 Å². The van der Waals surface area contributed by atoms with Gasteiger partial charge >= 0.3 is 0 Å². The Morgan fingerprint density at radius 2 is 1.65 bits per heavy atom. The number of nitrogens with zero attached hydrogens (tertiary/aromatic N) is 1. The summed E-state index contributed by atoms with van der Waals surface area (Å²) in [6.45, 7) is 9.03. The fourth-order valence-electron chi connectivity index (χ4n) is 3.18. The van der Waals surface area contributed by atoms with Crippen molar-refractivity contribution >= 4 is 13.8 Å². The summed E-state index contributed by atoms with van der Waals surface area (Å²) in [5, 5.41) is 10.9. The quantitative estimate of drug-likeness (QED) is 0.195. The van der Waals surface area contributed by atoms with Crippen molar-refractivity contribution in [3.05, 3.63) is 39.9 Å². The largest absolute Gasteiger partial charge is 0.269 e. The maximum Gasteiger partial charge on any atom is 0.269 e. The van der Waals surface area contributed by atoms with Gasteiger partial charge in [0.05, 0.1) is 13.0 Å². The van der Waals surface area contributed by atoms with Crippen LogP contribution in [-0.4, -0.2) is 13.0 Å². The highest BCUT2D eigenvalue weighted by molar-refractivity contribution is 6.81. The number of benzene rings is 1. The van der Waals surface area contributed by atoms with Crippen molar-refractivity contribution in [3.8, 4) is 11.8 Å². The molecule has 23 heavy (non-hydrogen) atoms. The molecule has 0 fully saturated rings. The average Bonchev–Trinajstić information content (AvgIpc) is 2.58. The van der Waals surface area contributed by atoms with E-state index in [0.29, 0.717) is 0 Å². The predicted octanol–water partition coefficient (Wildman–Crippen LogP) is 5.92. The highest BCUT2D eigenvalue weighted by Crippen LogP contribution is 2.36. The number of hydrogen-bond donors (Lipinski definition) is 0. The molecular weight excluding hydrogens is 302 g/mol. The summed E-state index contributed by atoms with van der Waals surface area (Å²) in [5.74, 6) is 6.94. The lowest BCUT2D eigenvalue weighted by atomic mass is 10.1. The Labute approximate surface area is 141 Å². The van der Waals surface area contributed by atoms with Crippen molar-refractivity contribution in [1.29, 1.82) is 0 Å². The van der Waals surface area contributed by atoms with E-state index in [0.717, 1.165) is 24.8 Å². The normalized spacial score (nSPS) is 12.3. The van der Waals surface area contributed by atoms with E-state index in [2.05, 4.69) is 39.5 Å². The monoisotopic (exact) mass is 331 g/mol. The van der Waals surface area contributed by atoms with Crippen LogP contribution in [0.1, 0.15) is 58.1 Å². The summed E-state index contributed by atoms with van der Waals surface area (Å²) >= 11 is 0. The molecule has 0 aliphatic carbocycles. The SMILES string of the molecule is CCCCC#CC(c1ccc([N+](=O)[O-])cc1)[Si](CC)(CC)CC. The highest BCUT2D eigenvalue weighted by atomic mass is 28.3. The molecule has 126 valence electrons. The van der Waals surface area contributed by atoms with E-state index < -0.39 is 8.07 Å². The van der Waals surface area contributed by atoms with E-state index in [1.165, 1.54) is 18.1 Å². The van der Waals surface area contributed by atoms with E-state index in [-0.39, 0.29) is 16.2 Å². The molecule has 1 rings (SSSR count). The summed E-state index contributed by atoms with van der Waals surface area (Å²) in [6, 6.07) is 10.7. The van der Waals surface area contributed by atoms with Gasteiger partial charge in [0.2, 0.25) is 0 Å². The van der Waals surface area contributed by atoms with Gasteiger partial charge in [0.15, 0.2) is 0 Å². The van der Waals surface area contributed by atoms with E-state index in [4.69, 9.17) is 0 Å². The topological polar surface area (TPSA) is 43.1 Å². The summed E-state index contributed by atoms with van der Waals surface area (Å²) in [5.41, 5.74) is 1.60. The Kier molecular flexibility index (Phi) is 8.05. The molecule has 1 unspecified atom stereocenters. The summed E-state index contributed by atoms with van der Waals surface area (Å²) in [4.78, 5) is 10.5. The Bertz CT molecular complexity index is 545. The summed E-state index contributed by atoms with van der Waals surface area (Å²) in [7, 11) is -1.54. The molecule has 0 N–H and O–H groups in total. The average molecular weight is 332 g/mol. The van der Waals surface area contributed by atoms with Crippen LogP contribution < -0.4 is 0 Å². The molecule has 0 saturated heterocycles. The molecule has 0 amide bonds. The molecule has 0 bridgehead atoms. The van der Waals surface area contributed by atoms with Crippen molar-refractivity contribution in [3.63, 3.8) is 0 Å². The standard InChI is InChI=1S/C19H29NO2Si/c1-5-9-10-11-12-19(23(6-2,7-3)8-4)17-13-15-18(16-14-17)20(21)22/h13-16,19H,5-10H2,1-4H3. The Balaban J connectivity index is 3.21. The second-order valence-corrected chi connectivity index (χ2v) is 11.6. The van der Waals surface area contributed by atoms with Crippen LogP contribution >= 0.6 is 0 Å². The summed E-state index contributed by atoms with van der Waals surface area (Å²) < 4.78 is 0. The van der Waals surface area contributed by atoms with Gasteiger partial charge in [0, 0.05) is 24.1 Å². The Morgan fingerprint density at radius 1 is 1.09 bits per heavy atom. The number of nitro groups is 1. The number of non-ortho nitro benzene ring substituents is 1. The van der Waals surface area contributed by atoms with E-state index in [1.807, 2.05) is 12.1 Å². The van der Waals surface area contributed by atoms with Crippen LogP contribution in [0.3, 0.4) is 0 Å². The summed E-state index contributed by atoms with van der Waals surface area (Å²) in [6.07, 6.45) is 3.25. The first-order valence-electron chi connectivity index (χ1n) is 8.77. The van der Waals surface area contributed by atoms with Gasteiger partial charge in [-0.2, -0.15) is 0 Å². The van der Waals surface area contributed by atoms with Gasteiger partial charge in [0.25, 0.3) is 5.69 Å². The highest BCUT2D eigenvalue weighted by Gasteiger charge is 2.36. The zero-order valence-electron chi connectivity index (χ0n) is 14.9. The second kappa shape index (κ2) is 9.52. The van der Waals surface area contributed by atoms with Crippen LogP contribution in [0, 0.1) is 22.0 Å². The molecule has 0 radical (unpaired) electrons. The minimum Gasteiger partial charge on any atom is -0.258 e. The zero-order chi connectivity index (χ0) is 17.3. The third-order valence-electron chi connectivity index (χ3n) is 5.06. The van der Waals surface area contributed by atoms with Crippen LogP contribution in [0.5, 0.6) is 0 Å². The van der Waals surface area contributed by atoms with E-state index >= 15 is 0 Å². The first-order valence-corrected chi connectivity index (χ1v) is 11.5. The van der Waals surface area contributed by atoms with Crippen LogP contribution in [0.4, 0.5) is 5.69 Å². The molecule has 0 aliphatic heterocycles. The van der Waals surface area contributed by atoms with E-state index in [1.54, 1.807) is 12.1 Å². The van der Waals surface area contributed by atoms with Crippen molar-refractivity contribution in [2.24, 2.45) is 0 Å². The number of rotatable bonds is 8. The van der Waals surface area contributed by atoms with Gasteiger partial charge in [-0.25, -0.2) is 0 Å². The van der Waals surface area contributed by atoms with Crippen LogP contribution in [0.15, 0.2) is 24.3 Å². The molecule has 3 nitrogen and oxygen atoms in total. The van der Waals surface area contributed by atoms with Crippen LogP contribution in [0.2, 0.25) is 18.1 Å². The fourth-order valence-corrected chi connectivity index (χ4v) is 7.21. The maximum atomic E-state index is 10.9. The number of nitro benzene ring substituents is 1.